The highest BCUT2D eigenvalue weighted by Crippen LogP contribution is 2.25. The molecule has 0 aliphatic carbocycles. The largest absolute Gasteiger partial charge is 0.250 e. The number of hydrazine groups is 1. The maximum atomic E-state index is 3.51. The lowest BCUT2D eigenvalue weighted by molar-refractivity contribution is 0.261. The highest BCUT2D eigenvalue weighted by atomic mass is 15.5. The highest BCUT2D eigenvalue weighted by Gasteiger charge is 2.16. The van der Waals surface area contributed by atoms with Crippen molar-refractivity contribution in [3.8, 4) is 0 Å². The Bertz CT molecular complexity index is 532. The van der Waals surface area contributed by atoms with Gasteiger partial charge >= 0.3 is 0 Å². The molecule has 0 bridgehead atoms. The van der Waals surface area contributed by atoms with Crippen molar-refractivity contribution in [2.75, 3.05) is 14.1 Å². The molecule has 19 heavy (non-hydrogen) atoms. The van der Waals surface area contributed by atoms with Crippen LogP contribution in [-0.4, -0.2) is 19.1 Å². The Hall–Kier alpha value is -1.64. The summed E-state index contributed by atoms with van der Waals surface area (Å²) in [6, 6.07) is 17.4. The van der Waals surface area contributed by atoms with Gasteiger partial charge in [-0.3, -0.25) is 0 Å². The van der Waals surface area contributed by atoms with Gasteiger partial charge in [-0.05, 0) is 30.5 Å². The molecule has 0 radical (unpaired) electrons. The van der Waals surface area contributed by atoms with E-state index >= 15 is 0 Å². The summed E-state index contributed by atoms with van der Waals surface area (Å²) >= 11 is 0. The molecule has 2 aromatic carbocycles. The molecule has 0 fully saturated rings. The van der Waals surface area contributed by atoms with Crippen molar-refractivity contribution in [2.24, 2.45) is 0 Å². The lowest BCUT2D eigenvalue weighted by Gasteiger charge is -2.25. The van der Waals surface area contributed by atoms with Crippen LogP contribution in [0.4, 0.5) is 0 Å². The van der Waals surface area contributed by atoms with Crippen molar-refractivity contribution in [3.05, 3.63) is 70.8 Å². The quantitative estimate of drug-likeness (QED) is 0.841. The summed E-state index contributed by atoms with van der Waals surface area (Å²) in [5, 5.41) is 2.01. The van der Waals surface area contributed by atoms with E-state index in [-0.39, 0.29) is 6.04 Å². The molecule has 1 unspecified atom stereocenters. The maximum Gasteiger partial charge on any atom is 0.0717 e. The number of nitrogens with zero attached hydrogens (tertiary/aromatic N) is 1. The topological polar surface area (TPSA) is 15.3 Å². The van der Waals surface area contributed by atoms with Gasteiger partial charge in [0.2, 0.25) is 0 Å². The minimum absolute atomic E-state index is 0.191. The molecule has 2 aromatic rings. The zero-order valence-electron chi connectivity index (χ0n) is 12.1. The Labute approximate surface area is 116 Å². The molecule has 1 atom stereocenters. The zero-order chi connectivity index (χ0) is 13.8. The van der Waals surface area contributed by atoms with Gasteiger partial charge < -0.3 is 0 Å². The second kappa shape index (κ2) is 6.00. The lowest BCUT2D eigenvalue weighted by atomic mass is 9.94. The fraction of sp³-hybridized carbons (Fsp3) is 0.294. The maximum absolute atomic E-state index is 3.51. The van der Waals surface area contributed by atoms with E-state index in [1.807, 2.05) is 19.1 Å². The van der Waals surface area contributed by atoms with Crippen molar-refractivity contribution in [2.45, 2.75) is 19.9 Å². The van der Waals surface area contributed by atoms with Crippen LogP contribution in [0.25, 0.3) is 0 Å². The fourth-order valence-corrected chi connectivity index (χ4v) is 2.30. The molecule has 0 spiro atoms. The monoisotopic (exact) mass is 254 g/mol. The average molecular weight is 254 g/mol. The second-order valence-electron chi connectivity index (χ2n) is 5.23. The molecule has 100 valence electrons. The Morgan fingerprint density at radius 3 is 2.26 bits per heavy atom. The molecule has 0 aromatic heterocycles. The number of hydrogen-bond donors (Lipinski definition) is 1. The van der Waals surface area contributed by atoms with Crippen LogP contribution in [0, 0.1) is 13.8 Å². The Balaban J connectivity index is 2.46. The number of rotatable bonds is 4. The number of nitrogens with one attached hydrogen (secondary N) is 1. The third-order valence-corrected chi connectivity index (χ3v) is 3.27. The standard InChI is InChI=1S/C17H22N2/c1-13-10-11-14(2)16(12-13)17(18-19(3)4)15-8-6-5-7-9-15/h5-12,17-18H,1-4H3. The summed E-state index contributed by atoms with van der Waals surface area (Å²) in [7, 11) is 4.06. The van der Waals surface area contributed by atoms with E-state index < -0.39 is 0 Å². The van der Waals surface area contributed by atoms with E-state index in [0.717, 1.165) is 0 Å². The van der Waals surface area contributed by atoms with Crippen molar-refractivity contribution in [3.63, 3.8) is 0 Å². The molecule has 1 N–H and O–H groups in total. The van der Waals surface area contributed by atoms with Gasteiger partial charge in [-0.25, -0.2) is 10.4 Å². The van der Waals surface area contributed by atoms with Crippen molar-refractivity contribution < 1.29 is 0 Å². The summed E-state index contributed by atoms with van der Waals surface area (Å²) in [5.41, 5.74) is 8.74. The molecule has 2 rings (SSSR count). The first-order valence-corrected chi connectivity index (χ1v) is 6.63. The molecule has 2 nitrogen and oxygen atoms in total. The van der Waals surface area contributed by atoms with Crippen LogP contribution >= 0.6 is 0 Å². The number of aryl methyl sites for hydroxylation is 2. The summed E-state index contributed by atoms with van der Waals surface area (Å²) in [4.78, 5) is 0. The van der Waals surface area contributed by atoms with Crippen molar-refractivity contribution >= 4 is 0 Å². The molecular weight excluding hydrogens is 232 g/mol. The van der Waals surface area contributed by atoms with E-state index in [0.29, 0.717) is 0 Å². The normalized spacial score (nSPS) is 12.7. The van der Waals surface area contributed by atoms with Gasteiger partial charge in [0.1, 0.15) is 0 Å². The van der Waals surface area contributed by atoms with Crippen LogP contribution in [0.15, 0.2) is 48.5 Å². The first-order valence-electron chi connectivity index (χ1n) is 6.63. The molecule has 0 heterocycles. The minimum Gasteiger partial charge on any atom is -0.250 e. The minimum atomic E-state index is 0.191. The van der Waals surface area contributed by atoms with Gasteiger partial charge in [-0.15, -0.1) is 0 Å². The zero-order valence-corrected chi connectivity index (χ0v) is 12.1. The first-order chi connectivity index (χ1) is 9.08. The SMILES string of the molecule is Cc1ccc(C)c(C(NN(C)C)c2ccccc2)c1. The van der Waals surface area contributed by atoms with Gasteiger partial charge in [0.15, 0.2) is 0 Å². The van der Waals surface area contributed by atoms with Crippen LogP contribution in [0.5, 0.6) is 0 Å². The van der Waals surface area contributed by atoms with Crippen LogP contribution in [0.1, 0.15) is 28.3 Å². The molecule has 0 amide bonds. The molecular formula is C17H22N2. The van der Waals surface area contributed by atoms with E-state index in [4.69, 9.17) is 0 Å². The van der Waals surface area contributed by atoms with Gasteiger partial charge in [-0.2, -0.15) is 0 Å². The molecule has 0 saturated heterocycles. The summed E-state index contributed by atoms with van der Waals surface area (Å²) in [6.45, 7) is 4.31. The second-order valence-corrected chi connectivity index (χ2v) is 5.23. The Morgan fingerprint density at radius 2 is 1.63 bits per heavy atom. The summed E-state index contributed by atoms with van der Waals surface area (Å²) < 4.78 is 0. The smallest absolute Gasteiger partial charge is 0.0717 e. The Kier molecular flexibility index (Phi) is 4.35. The van der Waals surface area contributed by atoms with Gasteiger partial charge in [0, 0.05) is 14.1 Å². The predicted molar refractivity (Wildman–Crippen MR) is 81.0 cm³/mol. The van der Waals surface area contributed by atoms with Gasteiger partial charge in [0.05, 0.1) is 6.04 Å². The van der Waals surface area contributed by atoms with E-state index in [1.165, 1.54) is 22.3 Å². The van der Waals surface area contributed by atoms with E-state index in [1.54, 1.807) is 0 Å². The first kappa shape index (κ1) is 13.8. The third kappa shape index (κ3) is 3.43. The van der Waals surface area contributed by atoms with E-state index in [2.05, 4.69) is 67.8 Å². The fourth-order valence-electron chi connectivity index (χ4n) is 2.30. The molecule has 0 saturated carbocycles. The van der Waals surface area contributed by atoms with Crippen LogP contribution < -0.4 is 5.43 Å². The van der Waals surface area contributed by atoms with Crippen LogP contribution in [-0.2, 0) is 0 Å². The van der Waals surface area contributed by atoms with Gasteiger partial charge in [-0.1, -0.05) is 54.1 Å². The van der Waals surface area contributed by atoms with Crippen LogP contribution in [0.3, 0.4) is 0 Å². The highest BCUT2D eigenvalue weighted by molar-refractivity contribution is 5.39. The molecule has 0 aliphatic heterocycles. The molecule has 2 heteroatoms. The molecule has 0 aliphatic rings. The number of hydrogen-bond acceptors (Lipinski definition) is 2. The summed E-state index contributed by atoms with van der Waals surface area (Å²) in [6.07, 6.45) is 0. The van der Waals surface area contributed by atoms with Crippen molar-refractivity contribution in [1.82, 2.24) is 10.4 Å². The van der Waals surface area contributed by atoms with Crippen molar-refractivity contribution in [1.29, 1.82) is 0 Å². The van der Waals surface area contributed by atoms with Gasteiger partial charge in [0.25, 0.3) is 0 Å². The predicted octanol–water partition coefficient (Wildman–Crippen LogP) is 3.46. The number of benzene rings is 2. The lowest BCUT2D eigenvalue weighted by Crippen LogP contribution is -2.35. The third-order valence-electron chi connectivity index (χ3n) is 3.27. The summed E-state index contributed by atoms with van der Waals surface area (Å²) in [5.74, 6) is 0. The van der Waals surface area contributed by atoms with Crippen LogP contribution in [0.2, 0.25) is 0 Å². The van der Waals surface area contributed by atoms with E-state index in [9.17, 15) is 0 Å². The Morgan fingerprint density at radius 1 is 0.947 bits per heavy atom. The average Bonchev–Trinajstić information content (AvgIpc) is 2.40.